The van der Waals surface area contributed by atoms with Crippen molar-refractivity contribution in [3.8, 4) is 0 Å². The van der Waals surface area contributed by atoms with Crippen molar-refractivity contribution in [1.29, 1.82) is 0 Å². The normalized spacial score (nSPS) is 10.7. The number of halogens is 4. The lowest BCUT2D eigenvalue weighted by Crippen LogP contribution is -2.22. The molecule has 1 aromatic heterocycles. The van der Waals surface area contributed by atoms with Crippen molar-refractivity contribution in [2.24, 2.45) is 0 Å². The summed E-state index contributed by atoms with van der Waals surface area (Å²) in [6.07, 6.45) is 1.19. The Hall–Kier alpha value is -1.10. The Morgan fingerprint density at radius 2 is 2.00 bits per heavy atom. The Balaban J connectivity index is 2.47. The van der Waals surface area contributed by atoms with E-state index in [4.69, 9.17) is 34.8 Å². The molecule has 0 spiro atoms. The van der Waals surface area contributed by atoms with E-state index in [1.54, 1.807) is 0 Å². The summed E-state index contributed by atoms with van der Waals surface area (Å²) < 4.78 is 14.7. The summed E-state index contributed by atoms with van der Waals surface area (Å²) in [6, 6.07) is 4.28. The van der Waals surface area contributed by atoms with Crippen molar-refractivity contribution in [2.45, 2.75) is 6.54 Å². The van der Waals surface area contributed by atoms with Gasteiger partial charge in [0.05, 0.1) is 12.9 Å². The van der Waals surface area contributed by atoms with E-state index >= 15 is 0 Å². The van der Waals surface area contributed by atoms with Gasteiger partial charge in [0.15, 0.2) is 5.15 Å². The first-order chi connectivity index (χ1) is 8.50. The highest BCUT2D eigenvalue weighted by Gasteiger charge is 2.11. The van der Waals surface area contributed by atoms with Crippen LogP contribution in [0.5, 0.6) is 0 Å². The van der Waals surface area contributed by atoms with E-state index in [2.05, 4.69) is 4.98 Å². The van der Waals surface area contributed by atoms with Gasteiger partial charge < -0.3 is 0 Å². The third kappa shape index (κ3) is 2.51. The van der Waals surface area contributed by atoms with Crippen molar-refractivity contribution in [2.75, 3.05) is 0 Å². The molecule has 0 bridgehead atoms. The highest BCUT2D eigenvalue weighted by molar-refractivity contribution is 6.40. The molecule has 94 valence electrons. The molecule has 7 heteroatoms. The van der Waals surface area contributed by atoms with Crippen molar-refractivity contribution >= 4 is 34.8 Å². The van der Waals surface area contributed by atoms with Gasteiger partial charge in [-0.1, -0.05) is 40.9 Å². The number of aromatic nitrogens is 2. The van der Waals surface area contributed by atoms with Crippen LogP contribution in [-0.2, 0) is 6.54 Å². The average molecular weight is 308 g/mol. The summed E-state index contributed by atoms with van der Waals surface area (Å²) in [5.41, 5.74) is -0.350. The number of nitrogens with zero attached hydrogens (tertiary/aromatic N) is 2. The summed E-state index contributed by atoms with van der Waals surface area (Å²) in [5, 5.41) is -0.0582. The molecule has 0 aliphatic rings. The second-order valence-electron chi connectivity index (χ2n) is 3.48. The smallest absolute Gasteiger partial charge is 0.273 e. The number of rotatable bonds is 2. The van der Waals surface area contributed by atoms with Gasteiger partial charge >= 0.3 is 0 Å². The van der Waals surface area contributed by atoms with Crippen LogP contribution in [0.2, 0.25) is 15.2 Å². The molecular formula is C11H6Cl3FN2O. The van der Waals surface area contributed by atoms with Crippen LogP contribution in [0, 0.1) is 5.82 Å². The van der Waals surface area contributed by atoms with E-state index in [0.717, 1.165) is 4.57 Å². The molecular weight excluding hydrogens is 301 g/mol. The third-order valence-electron chi connectivity index (χ3n) is 2.33. The van der Waals surface area contributed by atoms with Crippen LogP contribution in [0.4, 0.5) is 4.39 Å². The Morgan fingerprint density at radius 1 is 1.28 bits per heavy atom. The van der Waals surface area contributed by atoms with Crippen LogP contribution in [-0.4, -0.2) is 9.55 Å². The largest absolute Gasteiger partial charge is 0.293 e. The topological polar surface area (TPSA) is 34.9 Å². The molecule has 3 nitrogen and oxygen atoms in total. The summed E-state index contributed by atoms with van der Waals surface area (Å²) >= 11 is 17.1. The molecule has 18 heavy (non-hydrogen) atoms. The summed E-state index contributed by atoms with van der Waals surface area (Å²) in [7, 11) is 0. The molecule has 1 heterocycles. The molecule has 1 aromatic carbocycles. The summed E-state index contributed by atoms with van der Waals surface area (Å²) in [5.74, 6) is -0.500. The van der Waals surface area contributed by atoms with Crippen LogP contribution >= 0.6 is 34.8 Å². The zero-order valence-electron chi connectivity index (χ0n) is 8.83. The predicted octanol–water partition coefficient (Wildman–Crippen LogP) is 3.39. The monoisotopic (exact) mass is 306 g/mol. The molecule has 2 rings (SSSR count). The molecule has 0 aliphatic heterocycles. The van der Waals surface area contributed by atoms with Gasteiger partial charge in [-0.2, -0.15) is 0 Å². The van der Waals surface area contributed by atoms with Crippen molar-refractivity contribution < 1.29 is 4.39 Å². The van der Waals surface area contributed by atoms with E-state index in [1.165, 1.54) is 24.5 Å². The van der Waals surface area contributed by atoms with Gasteiger partial charge in [0, 0.05) is 10.6 Å². The van der Waals surface area contributed by atoms with Crippen LogP contribution < -0.4 is 5.56 Å². The van der Waals surface area contributed by atoms with Crippen LogP contribution in [0.1, 0.15) is 5.56 Å². The van der Waals surface area contributed by atoms with Crippen LogP contribution in [0.3, 0.4) is 0 Å². The van der Waals surface area contributed by atoms with Crippen LogP contribution in [0.25, 0.3) is 0 Å². The zero-order valence-corrected chi connectivity index (χ0v) is 11.1. The van der Waals surface area contributed by atoms with Crippen molar-refractivity contribution in [3.05, 3.63) is 61.5 Å². The molecule has 0 fully saturated rings. The fourth-order valence-corrected chi connectivity index (χ4v) is 1.91. The van der Waals surface area contributed by atoms with Gasteiger partial charge in [0.2, 0.25) is 0 Å². The Bertz CT molecular complexity index is 637. The maximum absolute atomic E-state index is 13.6. The van der Waals surface area contributed by atoms with Crippen LogP contribution in [0.15, 0.2) is 29.3 Å². The van der Waals surface area contributed by atoms with Crippen molar-refractivity contribution in [1.82, 2.24) is 9.55 Å². The number of benzene rings is 1. The minimum atomic E-state index is -0.545. The minimum absolute atomic E-state index is 0.0613. The van der Waals surface area contributed by atoms with E-state index in [0.29, 0.717) is 0 Å². The standard InChI is InChI=1S/C11H6Cl3FN2O/c12-7-2-1-3-8(15)6(7)4-17-5-16-10(14)9(13)11(17)18/h1-3,5H,4H2. The molecule has 0 atom stereocenters. The quantitative estimate of drug-likeness (QED) is 0.797. The lowest BCUT2D eigenvalue weighted by molar-refractivity contribution is 0.594. The van der Waals surface area contributed by atoms with Gasteiger partial charge in [-0.15, -0.1) is 0 Å². The van der Waals surface area contributed by atoms with E-state index in [-0.39, 0.29) is 27.3 Å². The fraction of sp³-hybridized carbons (Fsp3) is 0.0909. The van der Waals surface area contributed by atoms with Gasteiger partial charge in [0.1, 0.15) is 10.8 Å². The fourth-order valence-electron chi connectivity index (χ4n) is 1.41. The summed E-state index contributed by atoms with van der Waals surface area (Å²) in [6.45, 7) is -0.0613. The van der Waals surface area contributed by atoms with E-state index in [9.17, 15) is 9.18 Å². The molecule has 2 aromatic rings. The van der Waals surface area contributed by atoms with Gasteiger partial charge in [0.25, 0.3) is 5.56 Å². The lowest BCUT2D eigenvalue weighted by atomic mass is 10.2. The van der Waals surface area contributed by atoms with E-state index < -0.39 is 11.4 Å². The zero-order chi connectivity index (χ0) is 13.3. The SMILES string of the molecule is O=c1c(Cl)c(Cl)ncn1Cc1c(F)cccc1Cl. The predicted molar refractivity (Wildman–Crippen MR) is 69.0 cm³/mol. The lowest BCUT2D eigenvalue weighted by Gasteiger charge is -2.08. The Morgan fingerprint density at radius 3 is 2.67 bits per heavy atom. The highest BCUT2D eigenvalue weighted by Crippen LogP contribution is 2.20. The minimum Gasteiger partial charge on any atom is -0.293 e. The molecule has 0 aliphatic carbocycles. The first kappa shape index (κ1) is 13.3. The first-order valence-corrected chi connectivity index (χ1v) is 5.97. The Labute approximate surface area is 117 Å². The molecule has 0 N–H and O–H groups in total. The highest BCUT2D eigenvalue weighted by atomic mass is 35.5. The molecule has 0 saturated heterocycles. The Kier molecular flexibility index (Phi) is 3.90. The van der Waals surface area contributed by atoms with E-state index in [1.807, 2.05) is 0 Å². The average Bonchev–Trinajstić information content (AvgIpc) is 2.34. The van der Waals surface area contributed by atoms with Gasteiger partial charge in [-0.25, -0.2) is 9.37 Å². The number of hydrogen-bond acceptors (Lipinski definition) is 2. The molecule has 0 radical (unpaired) electrons. The molecule has 0 unspecified atom stereocenters. The maximum atomic E-state index is 13.6. The second-order valence-corrected chi connectivity index (χ2v) is 4.63. The van der Waals surface area contributed by atoms with Gasteiger partial charge in [-0.05, 0) is 12.1 Å². The van der Waals surface area contributed by atoms with Crippen molar-refractivity contribution in [3.63, 3.8) is 0 Å². The first-order valence-electron chi connectivity index (χ1n) is 4.84. The molecule has 0 amide bonds. The number of hydrogen-bond donors (Lipinski definition) is 0. The second kappa shape index (κ2) is 5.26. The third-order valence-corrected chi connectivity index (χ3v) is 3.41. The molecule has 0 saturated carbocycles. The maximum Gasteiger partial charge on any atom is 0.273 e. The van der Waals surface area contributed by atoms with Gasteiger partial charge in [-0.3, -0.25) is 9.36 Å². The summed E-state index contributed by atoms with van der Waals surface area (Å²) in [4.78, 5) is 15.5.